The van der Waals surface area contributed by atoms with Gasteiger partial charge in [0, 0.05) is 37.8 Å². The SMILES string of the molecule is CC(N)CCC(=O)NCCCN1CCc2ccccc21.Cl.Cl. The van der Waals surface area contributed by atoms with E-state index >= 15 is 0 Å². The molecule has 0 saturated carbocycles. The number of rotatable bonds is 7. The highest BCUT2D eigenvalue weighted by Crippen LogP contribution is 2.27. The van der Waals surface area contributed by atoms with Crippen LogP contribution in [0.4, 0.5) is 5.69 Å². The van der Waals surface area contributed by atoms with Crippen LogP contribution in [0.1, 0.15) is 31.7 Å². The molecule has 0 bridgehead atoms. The quantitative estimate of drug-likeness (QED) is 0.745. The summed E-state index contributed by atoms with van der Waals surface area (Å²) in [5, 5.41) is 2.96. The van der Waals surface area contributed by atoms with Crippen molar-refractivity contribution >= 4 is 36.4 Å². The number of halogens is 2. The molecule has 0 spiro atoms. The third kappa shape index (κ3) is 6.42. The molecule has 0 aliphatic carbocycles. The molecule has 0 aromatic heterocycles. The van der Waals surface area contributed by atoms with Gasteiger partial charge in [0.1, 0.15) is 0 Å². The average molecular weight is 348 g/mol. The number of nitrogens with two attached hydrogens (primary N) is 1. The van der Waals surface area contributed by atoms with Crippen LogP contribution >= 0.6 is 24.8 Å². The van der Waals surface area contributed by atoms with E-state index in [4.69, 9.17) is 5.73 Å². The number of carbonyl (C=O) groups excluding carboxylic acids is 1. The third-order valence-electron chi connectivity index (χ3n) is 3.74. The Morgan fingerprint density at radius 1 is 1.36 bits per heavy atom. The summed E-state index contributed by atoms with van der Waals surface area (Å²) in [6.07, 6.45) is 3.41. The Balaban J connectivity index is 0.00000220. The van der Waals surface area contributed by atoms with Crippen LogP contribution in [0.15, 0.2) is 24.3 Å². The van der Waals surface area contributed by atoms with Crippen molar-refractivity contribution in [3.05, 3.63) is 29.8 Å². The number of nitrogens with zero attached hydrogens (tertiary/aromatic N) is 1. The van der Waals surface area contributed by atoms with E-state index < -0.39 is 0 Å². The van der Waals surface area contributed by atoms with Gasteiger partial charge in [-0.2, -0.15) is 0 Å². The van der Waals surface area contributed by atoms with Crippen molar-refractivity contribution in [3.63, 3.8) is 0 Å². The molecule has 1 amide bonds. The van der Waals surface area contributed by atoms with E-state index in [0.717, 1.165) is 38.9 Å². The molecule has 1 unspecified atom stereocenters. The van der Waals surface area contributed by atoms with Crippen LogP contribution in [0, 0.1) is 0 Å². The molecule has 1 aromatic rings. The van der Waals surface area contributed by atoms with Gasteiger partial charge in [0.2, 0.25) is 5.91 Å². The van der Waals surface area contributed by atoms with Crippen molar-refractivity contribution in [1.82, 2.24) is 5.32 Å². The van der Waals surface area contributed by atoms with Crippen LogP contribution in [0.25, 0.3) is 0 Å². The van der Waals surface area contributed by atoms with Gasteiger partial charge < -0.3 is 16.0 Å². The van der Waals surface area contributed by atoms with Gasteiger partial charge in [-0.15, -0.1) is 24.8 Å². The fourth-order valence-corrected chi connectivity index (χ4v) is 2.58. The second kappa shape index (κ2) is 10.7. The van der Waals surface area contributed by atoms with Gasteiger partial charge in [0.05, 0.1) is 0 Å². The summed E-state index contributed by atoms with van der Waals surface area (Å²) in [4.78, 5) is 14.0. The summed E-state index contributed by atoms with van der Waals surface area (Å²) in [5.74, 6) is 0.115. The molecule has 0 radical (unpaired) electrons. The van der Waals surface area contributed by atoms with E-state index in [1.807, 2.05) is 6.92 Å². The monoisotopic (exact) mass is 347 g/mol. The van der Waals surface area contributed by atoms with Gasteiger partial charge in [0.25, 0.3) is 0 Å². The van der Waals surface area contributed by atoms with Crippen molar-refractivity contribution in [2.45, 2.75) is 38.6 Å². The molecular weight excluding hydrogens is 321 g/mol. The minimum Gasteiger partial charge on any atom is -0.371 e. The smallest absolute Gasteiger partial charge is 0.220 e. The number of fused-ring (bicyclic) bond motifs is 1. The second-order valence-corrected chi connectivity index (χ2v) is 5.59. The Kier molecular flexibility index (Phi) is 10.2. The highest BCUT2D eigenvalue weighted by atomic mass is 35.5. The molecule has 3 N–H and O–H groups in total. The van der Waals surface area contributed by atoms with Crippen LogP contribution in [0.3, 0.4) is 0 Å². The Labute approximate surface area is 145 Å². The summed E-state index contributed by atoms with van der Waals surface area (Å²) in [7, 11) is 0. The number of amides is 1. The van der Waals surface area contributed by atoms with E-state index in [2.05, 4.69) is 34.5 Å². The van der Waals surface area contributed by atoms with E-state index in [-0.39, 0.29) is 36.8 Å². The van der Waals surface area contributed by atoms with Crippen LogP contribution < -0.4 is 16.0 Å². The van der Waals surface area contributed by atoms with E-state index in [0.29, 0.717) is 6.42 Å². The summed E-state index contributed by atoms with van der Waals surface area (Å²) < 4.78 is 0. The van der Waals surface area contributed by atoms with Crippen molar-refractivity contribution in [2.24, 2.45) is 5.73 Å². The summed E-state index contributed by atoms with van der Waals surface area (Å²) in [6.45, 7) is 4.77. The Hall–Kier alpha value is -0.970. The molecule has 1 aromatic carbocycles. The zero-order valence-corrected chi connectivity index (χ0v) is 14.7. The van der Waals surface area contributed by atoms with Gasteiger partial charge in [-0.25, -0.2) is 0 Å². The molecule has 22 heavy (non-hydrogen) atoms. The molecular formula is C16H27Cl2N3O. The second-order valence-electron chi connectivity index (χ2n) is 5.59. The minimum absolute atomic E-state index is 0. The lowest BCUT2D eigenvalue weighted by atomic mass is 10.2. The summed E-state index contributed by atoms with van der Waals surface area (Å²) >= 11 is 0. The fourth-order valence-electron chi connectivity index (χ4n) is 2.58. The van der Waals surface area contributed by atoms with Crippen LogP contribution in [0.5, 0.6) is 0 Å². The van der Waals surface area contributed by atoms with Gasteiger partial charge in [-0.1, -0.05) is 18.2 Å². The topological polar surface area (TPSA) is 58.4 Å². The van der Waals surface area contributed by atoms with E-state index in [1.54, 1.807) is 0 Å². The third-order valence-corrected chi connectivity index (χ3v) is 3.74. The number of para-hydroxylation sites is 1. The number of hydrogen-bond acceptors (Lipinski definition) is 3. The first-order valence-corrected chi connectivity index (χ1v) is 7.52. The van der Waals surface area contributed by atoms with Crippen LogP contribution in [0.2, 0.25) is 0 Å². The highest BCUT2D eigenvalue weighted by Gasteiger charge is 2.17. The first kappa shape index (κ1) is 21.0. The molecule has 6 heteroatoms. The Bertz CT molecular complexity index is 455. The molecule has 2 rings (SSSR count). The Morgan fingerprint density at radius 2 is 2.09 bits per heavy atom. The van der Waals surface area contributed by atoms with Gasteiger partial charge in [0.15, 0.2) is 0 Å². The predicted octanol–water partition coefficient (Wildman–Crippen LogP) is 2.53. The molecule has 1 aliphatic rings. The number of benzene rings is 1. The molecule has 4 nitrogen and oxygen atoms in total. The maximum atomic E-state index is 11.6. The zero-order chi connectivity index (χ0) is 14.4. The molecule has 0 saturated heterocycles. The molecule has 1 heterocycles. The Morgan fingerprint density at radius 3 is 2.82 bits per heavy atom. The van der Waals surface area contributed by atoms with E-state index in [1.165, 1.54) is 11.3 Å². The van der Waals surface area contributed by atoms with Gasteiger partial charge >= 0.3 is 0 Å². The fraction of sp³-hybridized carbons (Fsp3) is 0.562. The maximum Gasteiger partial charge on any atom is 0.220 e. The summed E-state index contributed by atoms with van der Waals surface area (Å²) in [5.41, 5.74) is 8.43. The number of nitrogens with one attached hydrogen (secondary N) is 1. The first-order valence-electron chi connectivity index (χ1n) is 7.52. The molecule has 1 atom stereocenters. The normalized spacial score (nSPS) is 13.6. The largest absolute Gasteiger partial charge is 0.371 e. The molecule has 126 valence electrons. The molecule has 0 fully saturated rings. The van der Waals surface area contributed by atoms with Gasteiger partial charge in [-0.3, -0.25) is 4.79 Å². The lowest BCUT2D eigenvalue weighted by molar-refractivity contribution is -0.121. The number of carbonyl (C=O) groups is 1. The van der Waals surface area contributed by atoms with Crippen molar-refractivity contribution in [1.29, 1.82) is 0 Å². The van der Waals surface area contributed by atoms with Crippen LogP contribution in [-0.2, 0) is 11.2 Å². The van der Waals surface area contributed by atoms with Crippen molar-refractivity contribution in [3.8, 4) is 0 Å². The lowest BCUT2D eigenvalue weighted by Crippen LogP contribution is -2.30. The minimum atomic E-state index is 0. The van der Waals surface area contributed by atoms with Gasteiger partial charge in [-0.05, 0) is 37.8 Å². The van der Waals surface area contributed by atoms with Crippen molar-refractivity contribution in [2.75, 3.05) is 24.5 Å². The number of hydrogen-bond donors (Lipinski definition) is 2. The average Bonchev–Trinajstić information content (AvgIpc) is 2.85. The van der Waals surface area contributed by atoms with E-state index in [9.17, 15) is 4.79 Å². The summed E-state index contributed by atoms with van der Waals surface area (Å²) in [6, 6.07) is 8.67. The number of anilines is 1. The maximum absolute atomic E-state index is 11.6. The predicted molar refractivity (Wildman–Crippen MR) is 97.4 cm³/mol. The molecule has 1 aliphatic heterocycles. The lowest BCUT2D eigenvalue weighted by Gasteiger charge is -2.19. The zero-order valence-electron chi connectivity index (χ0n) is 13.1. The van der Waals surface area contributed by atoms with Crippen LogP contribution in [-0.4, -0.2) is 31.6 Å². The highest BCUT2D eigenvalue weighted by molar-refractivity contribution is 5.85. The first-order chi connectivity index (χ1) is 9.66. The van der Waals surface area contributed by atoms with Crippen molar-refractivity contribution < 1.29 is 4.79 Å². The standard InChI is InChI=1S/C16H25N3O.2ClH/c1-13(17)7-8-16(20)18-10-4-11-19-12-9-14-5-2-3-6-15(14)19;;/h2-3,5-6,13H,4,7-12,17H2,1H3,(H,18,20);2*1H.